The zero-order valence-electron chi connectivity index (χ0n) is 21.0. The second-order valence-corrected chi connectivity index (χ2v) is 9.37. The van der Waals surface area contributed by atoms with Crippen molar-refractivity contribution in [3.05, 3.63) is 96.7 Å². The number of nitrogens with zero attached hydrogens (tertiary/aromatic N) is 4. The second-order valence-electron chi connectivity index (χ2n) is 9.37. The summed E-state index contributed by atoms with van der Waals surface area (Å²) in [5.74, 6) is 0.572. The van der Waals surface area contributed by atoms with E-state index < -0.39 is 0 Å². The molecule has 188 valence electrons. The minimum Gasteiger partial charge on any atom is -0.399 e. The summed E-state index contributed by atoms with van der Waals surface area (Å²) < 4.78 is 0. The summed E-state index contributed by atoms with van der Waals surface area (Å²) in [5.41, 5.74) is 11.0. The van der Waals surface area contributed by atoms with E-state index in [-0.39, 0.29) is 11.9 Å². The van der Waals surface area contributed by atoms with Crippen molar-refractivity contribution in [1.29, 1.82) is 0 Å². The van der Waals surface area contributed by atoms with Gasteiger partial charge in [-0.15, -0.1) is 0 Å². The number of anilines is 4. The van der Waals surface area contributed by atoms with Crippen molar-refractivity contribution in [3.8, 4) is 11.3 Å². The Kier molecular flexibility index (Phi) is 7.42. The van der Waals surface area contributed by atoms with Crippen LogP contribution in [-0.2, 0) is 4.79 Å². The molecular formula is C30H32N6O. The van der Waals surface area contributed by atoms with Crippen LogP contribution in [0, 0.1) is 0 Å². The van der Waals surface area contributed by atoms with Crippen molar-refractivity contribution >= 4 is 28.9 Å². The molecule has 7 heteroatoms. The molecule has 37 heavy (non-hydrogen) atoms. The number of nitrogens with one attached hydrogen (secondary N) is 1. The number of hydrogen-bond donors (Lipinski definition) is 2. The van der Waals surface area contributed by atoms with E-state index in [9.17, 15) is 4.79 Å². The van der Waals surface area contributed by atoms with E-state index in [2.05, 4.69) is 32.3 Å². The lowest BCUT2D eigenvalue weighted by atomic mass is 10.00. The molecule has 1 saturated heterocycles. The SMILES string of the molecule is CN(C(=O)C(c1ccccc1)N1CCCCC1)c1ccc(-c2ccnc(Nc3cccc(N)c3)n2)cc1. The molecule has 0 saturated carbocycles. The van der Waals surface area contributed by atoms with Crippen LogP contribution in [-0.4, -0.2) is 40.9 Å². The van der Waals surface area contributed by atoms with Gasteiger partial charge in [0.25, 0.3) is 0 Å². The van der Waals surface area contributed by atoms with Gasteiger partial charge in [0.15, 0.2) is 0 Å². The average molecular weight is 493 g/mol. The number of carbonyl (C=O) groups is 1. The third kappa shape index (κ3) is 5.78. The normalized spacial score (nSPS) is 14.6. The van der Waals surface area contributed by atoms with E-state index in [0.717, 1.165) is 54.1 Å². The Hall–Kier alpha value is -4.23. The van der Waals surface area contributed by atoms with Crippen LogP contribution in [0.4, 0.5) is 23.0 Å². The van der Waals surface area contributed by atoms with Crippen molar-refractivity contribution in [2.24, 2.45) is 0 Å². The summed E-state index contributed by atoms with van der Waals surface area (Å²) in [7, 11) is 1.86. The molecule has 1 atom stereocenters. The molecule has 0 radical (unpaired) electrons. The standard InChI is InChI=1S/C30H32N6O/c1-35(29(37)28(23-9-4-2-5-10-23)36-19-6-3-7-20-36)26-15-13-22(14-16-26)27-17-18-32-30(34-27)33-25-12-8-11-24(31)21-25/h2,4-5,8-18,21,28H,3,6-7,19-20,31H2,1H3,(H,32,33,34). The Morgan fingerprint density at radius 2 is 1.70 bits per heavy atom. The fourth-order valence-electron chi connectivity index (χ4n) is 4.81. The zero-order valence-corrected chi connectivity index (χ0v) is 21.0. The number of piperidine rings is 1. The fraction of sp³-hybridized carbons (Fsp3) is 0.233. The van der Waals surface area contributed by atoms with Crippen molar-refractivity contribution in [2.45, 2.75) is 25.3 Å². The maximum Gasteiger partial charge on any atom is 0.248 e. The lowest BCUT2D eigenvalue weighted by Gasteiger charge is -2.36. The first-order valence-electron chi connectivity index (χ1n) is 12.7. The Morgan fingerprint density at radius 1 is 0.946 bits per heavy atom. The van der Waals surface area contributed by atoms with E-state index in [0.29, 0.717) is 11.6 Å². The van der Waals surface area contributed by atoms with E-state index in [4.69, 9.17) is 5.73 Å². The Labute approximate surface area is 218 Å². The van der Waals surface area contributed by atoms with Gasteiger partial charge < -0.3 is 16.0 Å². The van der Waals surface area contributed by atoms with Gasteiger partial charge in [0.2, 0.25) is 11.9 Å². The molecule has 7 nitrogen and oxygen atoms in total. The minimum atomic E-state index is -0.284. The number of hydrogen-bond acceptors (Lipinski definition) is 6. The summed E-state index contributed by atoms with van der Waals surface area (Å²) in [6, 6.07) is 27.1. The monoisotopic (exact) mass is 492 g/mol. The van der Waals surface area contributed by atoms with Crippen LogP contribution in [0.25, 0.3) is 11.3 Å². The molecular weight excluding hydrogens is 460 g/mol. The second kappa shape index (κ2) is 11.2. The number of nitrogens with two attached hydrogens (primary N) is 1. The molecule has 1 aromatic heterocycles. The highest BCUT2D eigenvalue weighted by Gasteiger charge is 2.31. The van der Waals surface area contributed by atoms with Gasteiger partial charge in [-0.3, -0.25) is 9.69 Å². The number of carbonyl (C=O) groups excluding carboxylic acids is 1. The zero-order chi connectivity index (χ0) is 25.6. The molecule has 0 bridgehead atoms. The van der Waals surface area contributed by atoms with Crippen molar-refractivity contribution in [2.75, 3.05) is 36.1 Å². The summed E-state index contributed by atoms with van der Waals surface area (Å²) >= 11 is 0. The van der Waals surface area contributed by atoms with Crippen LogP contribution in [0.2, 0.25) is 0 Å². The first kappa shape index (κ1) is 24.5. The van der Waals surface area contributed by atoms with E-state index in [1.54, 1.807) is 11.1 Å². The van der Waals surface area contributed by atoms with Crippen molar-refractivity contribution in [1.82, 2.24) is 14.9 Å². The van der Waals surface area contributed by atoms with E-state index in [1.807, 2.05) is 79.8 Å². The molecule has 4 aromatic rings. The summed E-state index contributed by atoms with van der Waals surface area (Å²) in [4.78, 5) is 26.9. The van der Waals surface area contributed by atoms with Crippen LogP contribution >= 0.6 is 0 Å². The van der Waals surface area contributed by atoms with Crippen molar-refractivity contribution in [3.63, 3.8) is 0 Å². The van der Waals surface area contributed by atoms with Gasteiger partial charge in [-0.1, -0.05) is 55.0 Å². The molecule has 1 aliphatic heterocycles. The summed E-state index contributed by atoms with van der Waals surface area (Å²) in [5, 5.41) is 3.20. The predicted molar refractivity (Wildman–Crippen MR) is 150 cm³/mol. The van der Waals surface area contributed by atoms with E-state index >= 15 is 0 Å². The molecule has 1 amide bonds. The van der Waals surface area contributed by atoms with Gasteiger partial charge in [-0.05, 0) is 67.9 Å². The third-order valence-electron chi connectivity index (χ3n) is 6.78. The highest BCUT2D eigenvalue weighted by Crippen LogP contribution is 2.29. The van der Waals surface area contributed by atoms with E-state index in [1.165, 1.54) is 6.42 Å². The molecule has 3 aromatic carbocycles. The van der Waals surface area contributed by atoms with Gasteiger partial charge in [0.05, 0.1) is 5.69 Å². The van der Waals surface area contributed by atoms with Gasteiger partial charge in [0.1, 0.15) is 6.04 Å². The van der Waals surface area contributed by atoms with Gasteiger partial charge in [-0.2, -0.15) is 0 Å². The predicted octanol–water partition coefficient (Wildman–Crippen LogP) is 5.66. The third-order valence-corrected chi connectivity index (χ3v) is 6.78. The Bertz CT molecular complexity index is 1340. The molecule has 1 aliphatic rings. The van der Waals surface area contributed by atoms with Gasteiger partial charge in [-0.25, -0.2) is 9.97 Å². The van der Waals surface area contributed by atoms with Crippen LogP contribution in [0.1, 0.15) is 30.9 Å². The highest BCUT2D eigenvalue weighted by molar-refractivity contribution is 5.97. The maximum absolute atomic E-state index is 13.8. The number of benzene rings is 3. The first-order chi connectivity index (χ1) is 18.1. The lowest BCUT2D eigenvalue weighted by Crippen LogP contribution is -2.43. The summed E-state index contributed by atoms with van der Waals surface area (Å²) in [6.07, 6.45) is 5.21. The Morgan fingerprint density at radius 3 is 2.43 bits per heavy atom. The van der Waals surface area contributed by atoms with Crippen LogP contribution in [0.5, 0.6) is 0 Å². The van der Waals surface area contributed by atoms with Gasteiger partial charge >= 0.3 is 0 Å². The Balaban J connectivity index is 1.34. The average Bonchev–Trinajstić information content (AvgIpc) is 2.94. The number of aromatic nitrogens is 2. The molecule has 1 fully saturated rings. The molecule has 1 unspecified atom stereocenters. The van der Waals surface area contributed by atoms with Gasteiger partial charge in [0, 0.05) is 35.9 Å². The molecule has 0 spiro atoms. The smallest absolute Gasteiger partial charge is 0.248 e. The topological polar surface area (TPSA) is 87.4 Å². The number of rotatable bonds is 7. The maximum atomic E-state index is 13.8. The number of amides is 1. The van der Waals surface area contributed by atoms with Crippen LogP contribution in [0.15, 0.2) is 91.1 Å². The molecule has 5 rings (SSSR count). The largest absolute Gasteiger partial charge is 0.399 e. The lowest BCUT2D eigenvalue weighted by molar-refractivity contribution is -0.124. The molecule has 3 N–H and O–H groups in total. The quantitative estimate of drug-likeness (QED) is 0.324. The number of likely N-dealkylation sites (N-methyl/N-ethyl adjacent to an activating group) is 1. The number of nitrogen functional groups attached to an aromatic ring is 1. The minimum absolute atomic E-state index is 0.0801. The first-order valence-corrected chi connectivity index (χ1v) is 12.7. The molecule has 2 heterocycles. The van der Waals surface area contributed by atoms with Crippen molar-refractivity contribution < 1.29 is 4.79 Å². The molecule has 0 aliphatic carbocycles. The van der Waals surface area contributed by atoms with Crippen LogP contribution < -0.4 is 16.0 Å². The fourth-order valence-corrected chi connectivity index (χ4v) is 4.81. The number of likely N-dealkylation sites (tertiary alicyclic amines) is 1. The highest BCUT2D eigenvalue weighted by atomic mass is 16.2. The van der Waals surface area contributed by atoms with Crippen LogP contribution in [0.3, 0.4) is 0 Å². The summed E-state index contributed by atoms with van der Waals surface area (Å²) in [6.45, 7) is 1.88.